The van der Waals surface area contributed by atoms with Crippen molar-refractivity contribution in [2.24, 2.45) is 0 Å². The molecule has 0 bridgehead atoms. The lowest BCUT2D eigenvalue weighted by molar-refractivity contribution is 0.446. The molecule has 1 aliphatic rings. The van der Waals surface area contributed by atoms with Crippen LogP contribution >= 0.6 is 0 Å². The fourth-order valence-electron chi connectivity index (χ4n) is 3.06. The highest BCUT2D eigenvalue weighted by atomic mass is 15.5. The Kier molecular flexibility index (Phi) is 4.10. The maximum absolute atomic E-state index is 9.42. The van der Waals surface area contributed by atoms with E-state index in [1.807, 2.05) is 31.2 Å². The molecule has 1 atom stereocenters. The molecule has 5 heteroatoms. The van der Waals surface area contributed by atoms with E-state index in [2.05, 4.69) is 28.1 Å². The Morgan fingerprint density at radius 3 is 2.68 bits per heavy atom. The lowest BCUT2D eigenvalue weighted by Crippen LogP contribution is -2.39. The second kappa shape index (κ2) is 6.18. The Bertz CT molecular complexity index is 680. The summed E-state index contributed by atoms with van der Waals surface area (Å²) in [5, 5.41) is 18.4. The average Bonchev–Trinajstić information content (AvgIpc) is 2.99. The number of benzene rings is 1. The van der Waals surface area contributed by atoms with Gasteiger partial charge in [-0.2, -0.15) is 5.26 Å². The van der Waals surface area contributed by atoms with E-state index >= 15 is 0 Å². The van der Waals surface area contributed by atoms with Crippen molar-refractivity contribution in [2.45, 2.75) is 45.6 Å². The minimum Gasteiger partial charge on any atom is -0.350 e. The summed E-state index contributed by atoms with van der Waals surface area (Å²) in [6, 6.07) is 10.7. The molecule has 0 spiro atoms. The number of nitriles is 1. The molecule has 2 heterocycles. The summed E-state index contributed by atoms with van der Waals surface area (Å²) in [7, 11) is 0. The summed E-state index contributed by atoms with van der Waals surface area (Å²) in [5.41, 5.74) is 2.50. The van der Waals surface area contributed by atoms with Crippen molar-refractivity contribution in [3.63, 3.8) is 0 Å². The van der Waals surface area contributed by atoms with Crippen LogP contribution in [0.5, 0.6) is 0 Å². The van der Waals surface area contributed by atoms with E-state index in [-0.39, 0.29) is 0 Å². The largest absolute Gasteiger partial charge is 0.350 e. The van der Waals surface area contributed by atoms with Crippen LogP contribution in [-0.4, -0.2) is 27.6 Å². The van der Waals surface area contributed by atoms with Crippen molar-refractivity contribution >= 4 is 5.82 Å². The van der Waals surface area contributed by atoms with Crippen LogP contribution in [0.15, 0.2) is 24.3 Å². The van der Waals surface area contributed by atoms with Gasteiger partial charge in [0, 0.05) is 12.6 Å². The maximum Gasteiger partial charge on any atom is 0.207 e. The van der Waals surface area contributed by atoms with E-state index < -0.39 is 0 Å². The van der Waals surface area contributed by atoms with Crippen LogP contribution in [0.1, 0.15) is 43.9 Å². The molecule has 1 aromatic heterocycles. The van der Waals surface area contributed by atoms with Crippen molar-refractivity contribution in [2.75, 3.05) is 11.4 Å². The van der Waals surface area contributed by atoms with E-state index in [4.69, 9.17) is 0 Å². The third-order valence-corrected chi connectivity index (χ3v) is 4.34. The zero-order valence-corrected chi connectivity index (χ0v) is 13.2. The van der Waals surface area contributed by atoms with Gasteiger partial charge >= 0.3 is 0 Å². The van der Waals surface area contributed by atoms with Gasteiger partial charge in [-0.1, -0.05) is 24.6 Å². The van der Waals surface area contributed by atoms with Gasteiger partial charge in [0.1, 0.15) is 6.07 Å². The first-order chi connectivity index (χ1) is 10.7. The maximum atomic E-state index is 9.42. The highest BCUT2D eigenvalue weighted by Crippen LogP contribution is 2.27. The van der Waals surface area contributed by atoms with E-state index in [0.29, 0.717) is 11.7 Å². The number of hydrogen-bond donors (Lipinski definition) is 0. The smallest absolute Gasteiger partial charge is 0.207 e. The molecular formula is C17H21N5. The van der Waals surface area contributed by atoms with Crippen LogP contribution in [0, 0.1) is 18.3 Å². The predicted molar refractivity (Wildman–Crippen MR) is 86.1 cm³/mol. The van der Waals surface area contributed by atoms with Gasteiger partial charge in [-0.05, 0) is 44.7 Å². The van der Waals surface area contributed by atoms with Gasteiger partial charge in [0.15, 0.2) is 5.82 Å². The highest BCUT2D eigenvalue weighted by molar-refractivity contribution is 5.51. The average molecular weight is 295 g/mol. The Balaban J connectivity index is 1.98. The molecular weight excluding hydrogens is 274 g/mol. The summed E-state index contributed by atoms with van der Waals surface area (Å²) in [5.74, 6) is 0.731. The molecule has 5 nitrogen and oxygen atoms in total. The van der Waals surface area contributed by atoms with E-state index in [1.54, 1.807) is 4.80 Å². The van der Waals surface area contributed by atoms with E-state index in [9.17, 15) is 5.26 Å². The summed E-state index contributed by atoms with van der Waals surface area (Å²) < 4.78 is 0. The summed E-state index contributed by atoms with van der Waals surface area (Å²) in [6.45, 7) is 5.20. The van der Waals surface area contributed by atoms with Crippen LogP contribution in [0.4, 0.5) is 5.82 Å². The first-order valence-electron chi connectivity index (χ1n) is 7.94. The number of aromatic nitrogens is 3. The summed E-state index contributed by atoms with van der Waals surface area (Å²) >= 11 is 0. The van der Waals surface area contributed by atoms with Gasteiger partial charge in [-0.25, -0.2) is 0 Å². The Labute approximate surface area is 131 Å². The molecule has 0 amide bonds. The molecule has 3 rings (SSSR count). The Hall–Kier alpha value is -2.35. The minimum absolute atomic E-state index is 0.418. The molecule has 1 aromatic carbocycles. The number of rotatable bonds is 3. The molecule has 114 valence electrons. The zero-order chi connectivity index (χ0) is 15.5. The number of anilines is 1. The summed E-state index contributed by atoms with van der Waals surface area (Å²) in [4.78, 5) is 3.84. The van der Waals surface area contributed by atoms with Gasteiger partial charge in [0.25, 0.3) is 0 Å². The molecule has 0 radical (unpaired) electrons. The van der Waals surface area contributed by atoms with Crippen molar-refractivity contribution in [3.05, 3.63) is 35.5 Å². The van der Waals surface area contributed by atoms with Gasteiger partial charge in [0.05, 0.1) is 5.69 Å². The van der Waals surface area contributed by atoms with Gasteiger partial charge in [-0.15, -0.1) is 15.0 Å². The molecule has 1 fully saturated rings. The van der Waals surface area contributed by atoms with Crippen LogP contribution in [0.25, 0.3) is 5.69 Å². The SMILES string of the molecule is CCC1CCCCN1c1nn(-c2ccc(C)cc2)nc1C#N. The zero-order valence-electron chi connectivity index (χ0n) is 13.2. The Morgan fingerprint density at radius 2 is 2.00 bits per heavy atom. The normalized spacial score (nSPS) is 18.2. The van der Waals surface area contributed by atoms with Gasteiger partial charge in [0.2, 0.25) is 5.69 Å². The third-order valence-electron chi connectivity index (χ3n) is 4.34. The molecule has 2 aromatic rings. The van der Waals surface area contributed by atoms with Crippen molar-refractivity contribution < 1.29 is 0 Å². The lowest BCUT2D eigenvalue weighted by atomic mass is 10.00. The van der Waals surface area contributed by atoms with Crippen LogP contribution in [-0.2, 0) is 0 Å². The molecule has 0 saturated carbocycles. The highest BCUT2D eigenvalue weighted by Gasteiger charge is 2.26. The first kappa shape index (κ1) is 14.6. The van der Waals surface area contributed by atoms with Crippen LogP contribution < -0.4 is 4.90 Å². The van der Waals surface area contributed by atoms with Crippen LogP contribution in [0.2, 0.25) is 0 Å². The summed E-state index contributed by atoms with van der Waals surface area (Å²) in [6.07, 6.45) is 4.64. The molecule has 0 N–H and O–H groups in total. The quantitative estimate of drug-likeness (QED) is 0.872. The number of hydrogen-bond acceptors (Lipinski definition) is 4. The molecule has 1 aliphatic heterocycles. The second-order valence-corrected chi connectivity index (χ2v) is 5.86. The molecule has 1 saturated heterocycles. The molecule has 22 heavy (non-hydrogen) atoms. The number of piperidine rings is 1. The van der Waals surface area contributed by atoms with Crippen molar-refractivity contribution in [1.82, 2.24) is 15.0 Å². The van der Waals surface area contributed by atoms with Gasteiger partial charge in [-0.3, -0.25) is 0 Å². The Morgan fingerprint density at radius 1 is 1.23 bits per heavy atom. The topological polar surface area (TPSA) is 57.7 Å². The van der Waals surface area contributed by atoms with Gasteiger partial charge < -0.3 is 4.90 Å². The van der Waals surface area contributed by atoms with E-state index in [1.165, 1.54) is 18.4 Å². The standard InChI is InChI=1S/C17H21N5/c1-3-14-6-4-5-11-21(14)17-16(12-18)19-22(20-17)15-9-7-13(2)8-10-15/h7-10,14H,3-6,11H2,1-2H3. The lowest BCUT2D eigenvalue weighted by Gasteiger charge is -2.35. The van der Waals surface area contributed by atoms with Crippen LogP contribution in [0.3, 0.4) is 0 Å². The van der Waals surface area contributed by atoms with Crippen molar-refractivity contribution in [1.29, 1.82) is 5.26 Å². The first-order valence-corrected chi connectivity index (χ1v) is 7.94. The molecule has 1 unspecified atom stereocenters. The number of aryl methyl sites for hydroxylation is 1. The minimum atomic E-state index is 0.418. The van der Waals surface area contributed by atoms with Crippen molar-refractivity contribution in [3.8, 4) is 11.8 Å². The second-order valence-electron chi connectivity index (χ2n) is 5.86. The third kappa shape index (κ3) is 2.69. The molecule has 0 aliphatic carbocycles. The predicted octanol–water partition coefficient (Wildman–Crippen LogP) is 3.22. The number of nitrogens with zero attached hydrogens (tertiary/aromatic N) is 5. The van der Waals surface area contributed by atoms with E-state index in [0.717, 1.165) is 30.9 Å². The fourth-order valence-corrected chi connectivity index (χ4v) is 3.06. The monoisotopic (exact) mass is 295 g/mol. The fraction of sp³-hybridized carbons (Fsp3) is 0.471.